The summed E-state index contributed by atoms with van der Waals surface area (Å²) in [6.45, 7) is 4.26. The highest BCUT2D eigenvalue weighted by Crippen LogP contribution is 2.42. The van der Waals surface area contributed by atoms with Gasteiger partial charge < -0.3 is 15.2 Å². The summed E-state index contributed by atoms with van der Waals surface area (Å²) < 4.78 is 52.8. The molecule has 0 aliphatic carbocycles. The van der Waals surface area contributed by atoms with Crippen LogP contribution in [0.2, 0.25) is 10.0 Å². The zero-order chi connectivity index (χ0) is 24.3. The van der Waals surface area contributed by atoms with Crippen molar-refractivity contribution < 1.29 is 27.1 Å². The minimum atomic E-state index is -4.57. The molecule has 0 atom stereocenters. The Morgan fingerprint density at radius 1 is 1.21 bits per heavy atom. The Hall–Kier alpha value is -2.95. The lowest BCUT2D eigenvalue weighted by molar-refractivity contribution is 0.0996. The summed E-state index contributed by atoms with van der Waals surface area (Å²) in [5, 5.41) is -0.293. The topological polar surface area (TPSA) is 121 Å². The van der Waals surface area contributed by atoms with Crippen molar-refractivity contribution in [2.24, 2.45) is 11.7 Å². The fourth-order valence-electron chi connectivity index (χ4n) is 2.66. The quantitative estimate of drug-likeness (QED) is 0.463. The first-order chi connectivity index (χ1) is 15.5. The van der Waals surface area contributed by atoms with Gasteiger partial charge in [0.1, 0.15) is 10.8 Å². The normalized spacial score (nSPS) is 11.5. The minimum absolute atomic E-state index is 0.0485. The molecule has 174 valence electrons. The van der Waals surface area contributed by atoms with Gasteiger partial charge in [-0.25, -0.2) is 17.8 Å². The molecule has 0 aliphatic rings. The van der Waals surface area contributed by atoms with Crippen molar-refractivity contribution in [1.82, 2.24) is 9.97 Å². The van der Waals surface area contributed by atoms with Crippen molar-refractivity contribution in [3.8, 4) is 17.4 Å². The number of pyridine rings is 2. The second-order valence-electron chi connectivity index (χ2n) is 7.20. The number of hydrogen-bond donors (Lipinski definition) is 1. The van der Waals surface area contributed by atoms with E-state index in [9.17, 15) is 13.2 Å². The van der Waals surface area contributed by atoms with Crippen LogP contribution in [-0.4, -0.2) is 30.9 Å². The lowest BCUT2D eigenvalue weighted by atomic mass is 10.2. The van der Waals surface area contributed by atoms with E-state index in [2.05, 4.69) is 9.97 Å². The molecule has 0 spiro atoms. The van der Waals surface area contributed by atoms with Crippen LogP contribution in [-0.2, 0) is 9.84 Å². The summed E-state index contributed by atoms with van der Waals surface area (Å²) in [5.41, 5.74) is 4.48. The molecule has 0 unspecified atom stereocenters. The number of halogens is 3. The molecule has 2 N–H and O–H groups in total. The standard InChI is InChI=1S/C21H18Cl2FN3O5S/c1-11(2)10-31-21-16(23)6-12(8-27-21)32-18-15(22)7-14(20(25)28)17(24)19(18)33(29,30)13-4-3-5-26-9-13/h3-9,11H,10H2,1-2H3,(H2,25,28). The van der Waals surface area contributed by atoms with E-state index in [0.29, 0.717) is 6.61 Å². The summed E-state index contributed by atoms with van der Waals surface area (Å²) in [5.74, 6) is -2.88. The second-order valence-corrected chi connectivity index (χ2v) is 9.90. The number of carbonyl (C=O) groups is 1. The molecule has 2 aromatic heterocycles. The molecule has 2 heterocycles. The third kappa shape index (κ3) is 5.35. The van der Waals surface area contributed by atoms with Gasteiger partial charge in [0.25, 0.3) is 5.91 Å². The molecule has 0 aliphatic heterocycles. The van der Waals surface area contributed by atoms with Crippen LogP contribution in [0.5, 0.6) is 17.4 Å². The zero-order valence-corrected chi connectivity index (χ0v) is 19.7. The van der Waals surface area contributed by atoms with Gasteiger partial charge in [0, 0.05) is 18.5 Å². The average molecular weight is 514 g/mol. The van der Waals surface area contributed by atoms with Crippen molar-refractivity contribution in [3.63, 3.8) is 0 Å². The molecular formula is C21H18Cl2FN3O5S. The van der Waals surface area contributed by atoms with Crippen molar-refractivity contribution in [2.45, 2.75) is 23.6 Å². The third-order valence-corrected chi connectivity index (χ3v) is 6.48. The van der Waals surface area contributed by atoms with Gasteiger partial charge >= 0.3 is 0 Å². The molecule has 1 aromatic carbocycles. The summed E-state index contributed by atoms with van der Waals surface area (Å²) in [4.78, 5) is 18.1. The Morgan fingerprint density at radius 2 is 1.94 bits per heavy atom. The number of rotatable bonds is 8. The molecule has 12 heteroatoms. The second kappa shape index (κ2) is 9.90. The maximum atomic E-state index is 15.3. The number of sulfone groups is 1. The molecule has 3 rings (SSSR count). The Balaban J connectivity index is 2.14. The zero-order valence-electron chi connectivity index (χ0n) is 17.4. The van der Waals surface area contributed by atoms with Gasteiger partial charge in [0.15, 0.2) is 16.5 Å². The number of carbonyl (C=O) groups excluding carboxylic acids is 1. The van der Waals surface area contributed by atoms with E-state index in [4.69, 9.17) is 38.4 Å². The van der Waals surface area contributed by atoms with Crippen molar-refractivity contribution in [1.29, 1.82) is 0 Å². The first-order valence-corrected chi connectivity index (χ1v) is 11.7. The number of benzene rings is 1. The van der Waals surface area contributed by atoms with E-state index in [1.165, 1.54) is 30.6 Å². The highest BCUT2D eigenvalue weighted by Gasteiger charge is 2.33. The highest BCUT2D eigenvalue weighted by atomic mass is 35.5. The van der Waals surface area contributed by atoms with E-state index >= 15 is 4.39 Å². The number of primary amides is 1. The molecule has 0 radical (unpaired) electrons. The third-order valence-electron chi connectivity index (χ3n) is 4.16. The Morgan fingerprint density at radius 3 is 2.52 bits per heavy atom. The number of nitrogens with two attached hydrogens (primary N) is 1. The summed E-state index contributed by atoms with van der Waals surface area (Å²) in [7, 11) is -4.57. The van der Waals surface area contributed by atoms with Gasteiger partial charge in [0.05, 0.1) is 28.3 Å². The lowest BCUT2D eigenvalue weighted by Gasteiger charge is -2.16. The first-order valence-electron chi connectivity index (χ1n) is 9.45. The maximum Gasteiger partial charge on any atom is 0.251 e. The van der Waals surface area contributed by atoms with Crippen LogP contribution in [0.3, 0.4) is 0 Å². The maximum absolute atomic E-state index is 15.3. The fraction of sp³-hybridized carbons (Fsp3) is 0.190. The van der Waals surface area contributed by atoms with Gasteiger partial charge in [-0.05, 0) is 24.1 Å². The van der Waals surface area contributed by atoms with Gasteiger partial charge in [-0.1, -0.05) is 37.0 Å². The number of hydrogen-bond acceptors (Lipinski definition) is 7. The van der Waals surface area contributed by atoms with E-state index in [1.807, 2.05) is 13.8 Å². The molecule has 1 amide bonds. The van der Waals surface area contributed by atoms with Crippen molar-refractivity contribution in [3.05, 3.63) is 64.3 Å². The van der Waals surface area contributed by atoms with Crippen LogP contribution >= 0.6 is 23.2 Å². The largest absolute Gasteiger partial charge is 0.476 e. The van der Waals surface area contributed by atoms with Crippen LogP contribution in [0.4, 0.5) is 4.39 Å². The SMILES string of the molecule is CC(C)COc1ncc(Oc2c(Cl)cc(C(N)=O)c(F)c2S(=O)(=O)c2cccnc2)cc1Cl. The van der Waals surface area contributed by atoms with Crippen molar-refractivity contribution in [2.75, 3.05) is 6.61 Å². The van der Waals surface area contributed by atoms with Crippen LogP contribution < -0.4 is 15.2 Å². The molecule has 33 heavy (non-hydrogen) atoms. The predicted octanol–water partition coefficient (Wildman–Crippen LogP) is 4.68. The number of aromatic nitrogens is 2. The van der Waals surface area contributed by atoms with Crippen LogP contribution in [0.1, 0.15) is 24.2 Å². The molecule has 8 nitrogen and oxygen atoms in total. The van der Waals surface area contributed by atoms with Gasteiger partial charge in [-0.2, -0.15) is 0 Å². The Bertz CT molecular complexity index is 1300. The number of ether oxygens (including phenoxy) is 2. The van der Waals surface area contributed by atoms with Crippen LogP contribution in [0, 0.1) is 11.7 Å². The highest BCUT2D eigenvalue weighted by molar-refractivity contribution is 7.91. The summed E-state index contributed by atoms with van der Waals surface area (Å²) in [6, 6.07) is 4.74. The molecule has 0 saturated carbocycles. The molecule has 0 bridgehead atoms. The van der Waals surface area contributed by atoms with E-state index in [0.717, 1.165) is 12.3 Å². The lowest BCUT2D eigenvalue weighted by Crippen LogP contribution is -2.17. The van der Waals surface area contributed by atoms with E-state index in [1.54, 1.807) is 0 Å². The first kappa shape index (κ1) is 24.7. The fourth-order valence-corrected chi connectivity index (χ4v) is 4.60. The summed E-state index contributed by atoms with van der Waals surface area (Å²) >= 11 is 12.4. The molecule has 0 saturated heterocycles. The molecule has 3 aromatic rings. The summed E-state index contributed by atoms with van der Waals surface area (Å²) in [6.07, 6.45) is 3.57. The average Bonchev–Trinajstić information content (AvgIpc) is 2.75. The van der Waals surface area contributed by atoms with Crippen LogP contribution in [0.25, 0.3) is 0 Å². The van der Waals surface area contributed by atoms with E-state index < -0.39 is 37.8 Å². The number of nitrogens with zero attached hydrogens (tertiary/aromatic N) is 2. The number of amides is 1. The monoisotopic (exact) mass is 513 g/mol. The molecular weight excluding hydrogens is 496 g/mol. The minimum Gasteiger partial charge on any atom is -0.476 e. The van der Waals surface area contributed by atoms with Crippen LogP contribution in [0.15, 0.2) is 52.6 Å². The predicted molar refractivity (Wildman–Crippen MR) is 119 cm³/mol. The van der Waals surface area contributed by atoms with Crippen molar-refractivity contribution >= 4 is 38.9 Å². The molecule has 0 fully saturated rings. The smallest absolute Gasteiger partial charge is 0.251 e. The Labute approximate surface area is 199 Å². The Kier molecular flexibility index (Phi) is 7.41. The van der Waals surface area contributed by atoms with Gasteiger partial charge in [-0.3, -0.25) is 9.78 Å². The van der Waals surface area contributed by atoms with Gasteiger partial charge in [0.2, 0.25) is 15.7 Å². The van der Waals surface area contributed by atoms with E-state index in [-0.39, 0.29) is 32.5 Å². The van der Waals surface area contributed by atoms with Gasteiger partial charge in [-0.15, -0.1) is 0 Å².